The second-order valence-electron chi connectivity index (χ2n) is 6.27. The third-order valence-electron chi connectivity index (χ3n) is 4.58. The second-order valence-corrected chi connectivity index (χ2v) is 6.27. The van der Waals surface area contributed by atoms with Gasteiger partial charge in [-0.25, -0.2) is 10.3 Å². The smallest absolute Gasteiger partial charge is 0.363 e. The molecule has 0 spiro atoms. The summed E-state index contributed by atoms with van der Waals surface area (Å²) in [7, 11) is 0. The van der Waals surface area contributed by atoms with Gasteiger partial charge >= 0.3 is 5.82 Å². The van der Waals surface area contributed by atoms with E-state index in [9.17, 15) is 14.9 Å². The average molecular weight is 350 g/mol. The Bertz CT molecular complexity index is 595. The molecule has 1 N–H and O–H groups in total. The fraction of sp³-hybridized carbons (Fsp3) is 0.625. The summed E-state index contributed by atoms with van der Waals surface area (Å²) in [6, 6.07) is 3.08. The number of hydroxylamine groups is 1. The van der Waals surface area contributed by atoms with Crippen LogP contribution in [-0.2, 0) is 14.4 Å². The van der Waals surface area contributed by atoms with Crippen molar-refractivity contribution in [1.29, 1.82) is 0 Å². The highest BCUT2D eigenvalue weighted by Crippen LogP contribution is 2.24. The summed E-state index contributed by atoms with van der Waals surface area (Å²) in [5.41, 5.74) is 3.36. The summed E-state index contributed by atoms with van der Waals surface area (Å²) in [6.07, 6.45) is 5.42. The third-order valence-corrected chi connectivity index (χ3v) is 4.58. The molecule has 136 valence electrons. The van der Waals surface area contributed by atoms with Crippen molar-refractivity contribution < 1.29 is 19.3 Å². The number of ether oxygens (including phenoxy) is 1. The first-order valence-electron chi connectivity index (χ1n) is 8.56. The van der Waals surface area contributed by atoms with Gasteiger partial charge in [0, 0.05) is 38.1 Å². The quantitative estimate of drug-likeness (QED) is 0.637. The van der Waals surface area contributed by atoms with Crippen molar-refractivity contribution in [2.45, 2.75) is 38.4 Å². The molecule has 2 aliphatic heterocycles. The number of rotatable bonds is 5. The number of nitrogens with zero attached hydrogens (tertiary/aromatic N) is 3. The first kappa shape index (κ1) is 17.6. The minimum atomic E-state index is -0.517. The average Bonchev–Trinajstić information content (AvgIpc) is 2.67. The minimum Gasteiger partial charge on any atom is -0.368 e. The zero-order chi connectivity index (χ0) is 17.6. The molecule has 0 bridgehead atoms. The summed E-state index contributed by atoms with van der Waals surface area (Å²) in [5, 5.41) is 10.6. The molecule has 9 heteroatoms. The van der Waals surface area contributed by atoms with Gasteiger partial charge in [0.2, 0.25) is 5.91 Å². The normalized spacial score (nSPS) is 21.8. The van der Waals surface area contributed by atoms with Crippen LogP contribution in [-0.4, -0.2) is 41.8 Å². The number of aromatic nitrogens is 1. The van der Waals surface area contributed by atoms with Crippen LogP contribution in [0.1, 0.15) is 32.1 Å². The Morgan fingerprint density at radius 3 is 2.72 bits per heavy atom. The highest BCUT2D eigenvalue weighted by atomic mass is 16.8. The van der Waals surface area contributed by atoms with E-state index in [1.54, 1.807) is 6.07 Å². The number of hydrogen-bond donors (Lipinski definition) is 1. The molecule has 25 heavy (non-hydrogen) atoms. The molecule has 1 atom stereocenters. The van der Waals surface area contributed by atoms with E-state index in [4.69, 9.17) is 9.57 Å². The number of carbonyl (C=O) groups excluding carboxylic acids is 1. The van der Waals surface area contributed by atoms with Crippen molar-refractivity contribution in [3.63, 3.8) is 0 Å². The molecule has 3 rings (SSSR count). The van der Waals surface area contributed by atoms with E-state index in [-0.39, 0.29) is 23.9 Å². The van der Waals surface area contributed by atoms with Gasteiger partial charge in [0.25, 0.3) is 0 Å². The van der Waals surface area contributed by atoms with Crippen LogP contribution in [0.3, 0.4) is 0 Å². The minimum absolute atomic E-state index is 0.106. The van der Waals surface area contributed by atoms with Crippen molar-refractivity contribution >= 4 is 17.4 Å². The molecule has 9 nitrogen and oxygen atoms in total. The van der Waals surface area contributed by atoms with Gasteiger partial charge in [0.05, 0.1) is 5.69 Å². The van der Waals surface area contributed by atoms with Crippen LogP contribution in [0.25, 0.3) is 0 Å². The fourth-order valence-electron chi connectivity index (χ4n) is 3.08. The maximum atomic E-state index is 12.2. The lowest BCUT2D eigenvalue weighted by atomic mass is 9.96. The van der Waals surface area contributed by atoms with Crippen molar-refractivity contribution in [2.24, 2.45) is 5.92 Å². The topological polar surface area (TPSA) is 107 Å². The third kappa shape index (κ3) is 4.64. The molecule has 0 aromatic carbocycles. The molecule has 1 amide bonds. The molecule has 0 radical (unpaired) electrons. The van der Waals surface area contributed by atoms with Crippen molar-refractivity contribution in [1.82, 2.24) is 10.5 Å². The number of amides is 1. The van der Waals surface area contributed by atoms with E-state index in [1.165, 1.54) is 12.3 Å². The molecular weight excluding hydrogens is 328 g/mol. The Labute approximate surface area is 145 Å². The lowest BCUT2D eigenvalue weighted by molar-refractivity contribution is -0.389. The van der Waals surface area contributed by atoms with Gasteiger partial charge in [-0.1, -0.05) is 0 Å². The Hall–Kier alpha value is -2.26. The first-order chi connectivity index (χ1) is 12.1. The number of pyridine rings is 1. The van der Waals surface area contributed by atoms with Gasteiger partial charge in [-0.15, -0.1) is 0 Å². The van der Waals surface area contributed by atoms with Crippen molar-refractivity contribution in [2.75, 3.05) is 24.6 Å². The van der Waals surface area contributed by atoms with Crippen LogP contribution in [0, 0.1) is 16.0 Å². The summed E-state index contributed by atoms with van der Waals surface area (Å²) in [4.78, 5) is 33.6. The van der Waals surface area contributed by atoms with Crippen LogP contribution in [0.2, 0.25) is 0 Å². The van der Waals surface area contributed by atoms with Crippen LogP contribution in [0.15, 0.2) is 18.3 Å². The zero-order valence-electron chi connectivity index (χ0n) is 13.9. The van der Waals surface area contributed by atoms with Gasteiger partial charge < -0.3 is 19.8 Å². The maximum absolute atomic E-state index is 12.2. The van der Waals surface area contributed by atoms with Gasteiger partial charge in [-0.3, -0.25) is 4.79 Å². The standard InChI is InChI=1S/C16H22N4O5/c21-16(18-25-15-3-1-2-10-24-15)12-6-8-19(9-7-12)13-4-5-14(17-11-13)20(22)23/h4-5,11-12,15H,1-3,6-10H2,(H,18,21). The van der Waals surface area contributed by atoms with Crippen LogP contribution >= 0.6 is 0 Å². The van der Waals surface area contributed by atoms with Gasteiger partial charge in [0.1, 0.15) is 0 Å². The van der Waals surface area contributed by atoms with Crippen LogP contribution in [0.4, 0.5) is 11.5 Å². The van der Waals surface area contributed by atoms with Gasteiger partial charge in [0.15, 0.2) is 12.5 Å². The number of nitrogens with one attached hydrogen (secondary N) is 1. The molecule has 0 aliphatic carbocycles. The molecular formula is C16H22N4O5. The first-order valence-corrected chi connectivity index (χ1v) is 8.56. The zero-order valence-corrected chi connectivity index (χ0v) is 13.9. The molecule has 2 aliphatic rings. The lowest BCUT2D eigenvalue weighted by Crippen LogP contribution is -2.42. The van der Waals surface area contributed by atoms with E-state index in [2.05, 4.69) is 15.4 Å². The van der Waals surface area contributed by atoms with E-state index in [0.29, 0.717) is 32.5 Å². The molecule has 1 aromatic rings. The highest BCUT2D eigenvalue weighted by molar-refractivity contribution is 5.78. The SMILES string of the molecule is O=C(NOC1CCCCO1)C1CCN(c2ccc([N+](=O)[O-])nc2)CC1. The lowest BCUT2D eigenvalue weighted by Gasteiger charge is -2.32. The second kappa shape index (κ2) is 8.21. The largest absolute Gasteiger partial charge is 0.368 e. The Morgan fingerprint density at radius 2 is 2.12 bits per heavy atom. The monoisotopic (exact) mass is 350 g/mol. The number of piperidine rings is 1. The summed E-state index contributed by atoms with van der Waals surface area (Å²) in [5.74, 6) is -0.387. The van der Waals surface area contributed by atoms with Gasteiger partial charge in [-0.2, -0.15) is 0 Å². The highest BCUT2D eigenvalue weighted by Gasteiger charge is 2.27. The maximum Gasteiger partial charge on any atom is 0.363 e. The number of carbonyl (C=O) groups is 1. The van der Waals surface area contributed by atoms with Crippen molar-refractivity contribution in [3.8, 4) is 0 Å². The molecule has 1 aromatic heterocycles. The van der Waals surface area contributed by atoms with E-state index < -0.39 is 4.92 Å². The number of nitro groups is 1. The number of anilines is 1. The predicted molar refractivity (Wildman–Crippen MR) is 88.6 cm³/mol. The van der Waals surface area contributed by atoms with Gasteiger partial charge in [-0.05, 0) is 41.7 Å². The molecule has 1 unspecified atom stereocenters. The fourth-order valence-corrected chi connectivity index (χ4v) is 3.08. The molecule has 0 saturated carbocycles. The van der Waals surface area contributed by atoms with E-state index in [0.717, 1.165) is 24.9 Å². The van der Waals surface area contributed by atoms with Crippen LogP contribution in [0.5, 0.6) is 0 Å². The summed E-state index contributed by atoms with van der Waals surface area (Å²) >= 11 is 0. The van der Waals surface area contributed by atoms with Crippen molar-refractivity contribution in [3.05, 3.63) is 28.4 Å². The Kier molecular flexibility index (Phi) is 5.77. The Balaban J connectivity index is 1.44. The Morgan fingerprint density at radius 1 is 1.32 bits per heavy atom. The van der Waals surface area contributed by atoms with E-state index in [1.807, 2.05) is 0 Å². The molecule has 3 heterocycles. The predicted octanol–water partition coefficient (Wildman–Crippen LogP) is 1.78. The molecule has 2 fully saturated rings. The molecule has 2 saturated heterocycles. The summed E-state index contributed by atoms with van der Waals surface area (Å²) < 4.78 is 5.42. The van der Waals surface area contributed by atoms with Crippen LogP contribution < -0.4 is 10.4 Å². The summed E-state index contributed by atoms with van der Waals surface area (Å²) in [6.45, 7) is 2.05. The van der Waals surface area contributed by atoms with E-state index >= 15 is 0 Å². The number of hydrogen-bond acceptors (Lipinski definition) is 7.